The molecule has 7 nitrogen and oxygen atoms in total. The molecule has 0 aliphatic heterocycles. The molecule has 0 aliphatic rings. The largest absolute Gasteiger partial charge is 0.343 e. The second-order valence-corrected chi connectivity index (χ2v) is 4.33. The van der Waals surface area contributed by atoms with Gasteiger partial charge in [-0.2, -0.15) is 4.98 Å². The fraction of sp³-hybridized carbons (Fsp3) is 0.250. The maximum Gasteiger partial charge on any atom is 0.323 e. The molecule has 0 bridgehead atoms. The quantitative estimate of drug-likeness (QED) is 0.651. The summed E-state index contributed by atoms with van der Waals surface area (Å²) in [5.74, 6) is 0.614. The van der Waals surface area contributed by atoms with E-state index in [1.165, 1.54) is 6.39 Å². The Hall–Kier alpha value is -2.41. The van der Waals surface area contributed by atoms with Crippen LogP contribution in [0.5, 0.6) is 0 Å². The van der Waals surface area contributed by atoms with E-state index in [1.807, 2.05) is 25.1 Å². The molecule has 0 saturated carbocycles. The van der Waals surface area contributed by atoms with Crippen molar-refractivity contribution in [3.05, 3.63) is 46.5 Å². The predicted octanol–water partition coefficient (Wildman–Crippen LogP) is 1.09. The highest BCUT2D eigenvalue weighted by molar-refractivity contribution is 5.75. The van der Waals surface area contributed by atoms with Gasteiger partial charge in [0.25, 0.3) is 0 Å². The third-order valence-corrected chi connectivity index (χ3v) is 3.01. The van der Waals surface area contributed by atoms with E-state index < -0.39 is 0 Å². The molecular weight excluding hydrogens is 246 g/mol. The summed E-state index contributed by atoms with van der Waals surface area (Å²) < 4.78 is 4.67. The summed E-state index contributed by atoms with van der Waals surface area (Å²) in [4.78, 5) is 20.6. The van der Waals surface area contributed by atoms with Crippen LogP contribution < -0.4 is 11.0 Å². The van der Waals surface area contributed by atoms with E-state index in [0.29, 0.717) is 12.4 Å². The summed E-state index contributed by atoms with van der Waals surface area (Å²) in [6, 6.07) is 5.91. The first-order chi connectivity index (χ1) is 9.22. The first-order valence-electron chi connectivity index (χ1n) is 5.93. The van der Waals surface area contributed by atoms with Crippen molar-refractivity contribution in [2.75, 3.05) is 0 Å². The molecule has 2 heterocycles. The van der Waals surface area contributed by atoms with Crippen molar-refractivity contribution in [2.24, 2.45) is 0 Å². The van der Waals surface area contributed by atoms with Crippen molar-refractivity contribution in [1.29, 1.82) is 0 Å². The Kier molecular flexibility index (Phi) is 2.88. The van der Waals surface area contributed by atoms with Crippen LogP contribution in [0, 0.1) is 0 Å². The molecular formula is C12H13N5O2. The Morgan fingerprint density at radius 3 is 3.00 bits per heavy atom. The zero-order valence-corrected chi connectivity index (χ0v) is 10.3. The zero-order chi connectivity index (χ0) is 13.2. The van der Waals surface area contributed by atoms with Crippen LogP contribution in [0.25, 0.3) is 11.0 Å². The van der Waals surface area contributed by atoms with Crippen molar-refractivity contribution < 1.29 is 4.52 Å². The number of benzene rings is 1. The molecule has 7 heteroatoms. The highest BCUT2D eigenvalue weighted by Crippen LogP contribution is 2.17. The molecule has 1 atom stereocenters. The summed E-state index contributed by atoms with van der Waals surface area (Å²) in [5.41, 5.74) is 2.49. The van der Waals surface area contributed by atoms with E-state index in [0.717, 1.165) is 16.6 Å². The average Bonchev–Trinajstić information content (AvgIpc) is 3.02. The lowest BCUT2D eigenvalue weighted by molar-refractivity contribution is 0.405. The molecule has 3 aromatic rings. The van der Waals surface area contributed by atoms with Crippen molar-refractivity contribution in [2.45, 2.75) is 19.5 Å². The van der Waals surface area contributed by atoms with Crippen LogP contribution in [-0.4, -0.2) is 20.1 Å². The molecule has 0 aliphatic carbocycles. The van der Waals surface area contributed by atoms with Crippen LogP contribution in [-0.2, 0) is 6.54 Å². The first-order valence-corrected chi connectivity index (χ1v) is 5.93. The van der Waals surface area contributed by atoms with E-state index in [4.69, 9.17) is 0 Å². The molecule has 3 N–H and O–H groups in total. The number of hydrogen-bond donors (Lipinski definition) is 3. The molecule has 1 unspecified atom stereocenters. The van der Waals surface area contributed by atoms with Gasteiger partial charge in [-0.15, -0.1) is 0 Å². The maximum absolute atomic E-state index is 11.2. The van der Waals surface area contributed by atoms with Gasteiger partial charge in [-0.25, -0.2) is 4.79 Å². The van der Waals surface area contributed by atoms with E-state index in [9.17, 15) is 4.79 Å². The number of hydrogen-bond acceptors (Lipinski definition) is 5. The third-order valence-electron chi connectivity index (χ3n) is 3.01. The summed E-state index contributed by atoms with van der Waals surface area (Å²) in [7, 11) is 0. The van der Waals surface area contributed by atoms with E-state index in [-0.39, 0.29) is 11.7 Å². The lowest BCUT2D eigenvalue weighted by Crippen LogP contribution is -2.18. The van der Waals surface area contributed by atoms with Gasteiger partial charge in [0.1, 0.15) is 0 Å². The molecule has 1 aromatic carbocycles. The topological polar surface area (TPSA) is 99.6 Å². The number of fused-ring (bicyclic) bond motifs is 1. The van der Waals surface area contributed by atoms with Gasteiger partial charge in [-0.1, -0.05) is 11.2 Å². The smallest absolute Gasteiger partial charge is 0.323 e. The highest BCUT2D eigenvalue weighted by Gasteiger charge is 2.08. The maximum atomic E-state index is 11.2. The van der Waals surface area contributed by atoms with Gasteiger partial charge < -0.3 is 19.8 Å². The Bertz CT molecular complexity index is 728. The normalized spacial score (nSPS) is 12.9. The van der Waals surface area contributed by atoms with E-state index in [2.05, 4.69) is 29.9 Å². The Morgan fingerprint density at radius 1 is 1.37 bits per heavy atom. The minimum absolute atomic E-state index is 0.112. The zero-order valence-electron chi connectivity index (χ0n) is 10.3. The molecule has 0 fully saturated rings. The SMILES string of the molecule is CC(NCc1ncon1)c1ccc2[nH]c(=O)[nH]c2c1. The fourth-order valence-electron chi connectivity index (χ4n) is 1.95. The van der Waals surface area contributed by atoms with Crippen molar-refractivity contribution in [1.82, 2.24) is 25.4 Å². The molecule has 3 rings (SSSR count). The van der Waals surface area contributed by atoms with Crippen molar-refractivity contribution in [3.63, 3.8) is 0 Å². The molecule has 98 valence electrons. The number of aromatic amines is 2. The van der Waals surface area contributed by atoms with Crippen molar-refractivity contribution >= 4 is 11.0 Å². The summed E-state index contributed by atoms with van der Waals surface area (Å²) in [5, 5.41) is 7.02. The third kappa shape index (κ3) is 2.41. The Labute approximate surface area is 108 Å². The van der Waals surface area contributed by atoms with E-state index >= 15 is 0 Å². The lowest BCUT2D eigenvalue weighted by atomic mass is 10.1. The molecule has 0 spiro atoms. The van der Waals surface area contributed by atoms with Gasteiger partial charge in [-0.3, -0.25) is 0 Å². The predicted molar refractivity (Wildman–Crippen MR) is 68.5 cm³/mol. The highest BCUT2D eigenvalue weighted by atomic mass is 16.5. The van der Waals surface area contributed by atoms with Crippen molar-refractivity contribution in [3.8, 4) is 0 Å². The summed E-state index contributed by atoms with van der Waals surface area (Å²) >= 11 is 0. The molecule has 0 radical (unpaired) electrons. The van der Waals surface area contributed by atoms with Crippen LogP contribution in [0.3, 0.4) is 0 Å². The number of rotatable bonds is 4. The monoisotopic (exact) mass is 259 g/mol. The molecule has 0 saturated heterocycles. The average molecular weight is 259 g/mol. The van der Waals surface area contributed by atoms with Gasteiger partial charge in [0.15, 0.2) is 5.82 Å². The van der Waals surface area contributed by atoms with Gasteiger partial charge in [0, 0.05) is 6.04 Å². The van der Waals surface area contributed by atoms with E-state index in [1.54, 1.807) is 0 Å². The van der Waals surface area contributed by atoms with Crippen LogP contribution in [0.2, 0.25) is 0 Å². The summed E-state index contributed by atoms with van der Waals surface area (Å²) in [6.45, 7) is 2.56. The van der Waals surface area contributed by atoms with Gasteiger partial charge in [0.05, 0.1) is 17.6 Å². The van der Waals surface area contributed by atoms with Gasteiger partial charge in [0.2, 0.25) is 6.39 Å². The van der Waals surface area contributed by atoms with Gasteiger partial charge >= 0.3 is 5.69 Å². The fourth-order valence-corrected chi connectivity index (χ4v) is 1.95. The first kappa shape index (κ1) is 11.7. The number of nitrogens with one attached hydrogen (secondary N) is 3. The Morgan fingerprint density at radius 2 is 2.21 bits per heavy atom. The van der Waals surface area contributed by atoms with Gasteiger partial charge in [-0.05, 0) is 24.6 Å². The van der Waals surface area contributed by atoms with Crippen LogP contribution >= 0.6 is 0 Å². The summed E-state index contributed by atoms with van der Waals surface area (Å²) in [6.07, 6.45) is 1.30. The van der Waals surface area contributed by atoms with Crippen LogP contribution in [0.15, 0.2) is 33.9 Å². The van der Waals surface area contributed by atoms with Crippen LogP contribution in [0.1, 0.15) is 24.4 Å². The van der Waals surface area contributed by atoms with Crippen LogP contribution in [0.4, 0.5) is 0 Å². The second kappa shape index (κ2) is 4.69. The molecule has 2 aromatic heterocycles. The number of imidazole rings is 1. The second-order valence-electron chi connectivity index (χ2n) is 4.33. The number of H-pyrrole nitrogens is 2. The lowest BCUT2D eigenvalue weighted by Gasteiger charge is -2.12. The molecule has 19 heavy (non-hydrogen) atoms. The Balaban J connectivity index is 1.77. The minimum atomic E-state index is -0.195. The minimum Gasteiger partial charge on any atom is -0.343 e. The standard InChI is InChI=1S/C12H13N5O2/c1-7(13-5-11-14-6-19-17-11)8-2-3-9-10(4-8)16-12(18)15-9/h2-4,6-7,13H,5H2,1H3,(H2,15,16,18). The number of nitrogens with zero attached hydrogens (tertiary/aromatic N) is 2. The molecule has 0 amide bonds. The number of aromatic nitrogens is 4.